The van der Waals surface area contributed by atoms with Gasteiger partial charge in [0.1, 0.15) is 0 Å². The Bertz CT molecular complexity index is 845. The maximum atomic E-state index is 12.5. The largest absolute Gasteiger partial charge is 0.348 e. The molecule has 9 heteroatoms. The fourth-order valence-electron chi connectivity index (χ4n) is 3.64. The number of halogens is 2. The monoisotopic (exact) mass is 531 g/mol. The second-order valence-electron chi connectivity index (χ2n) is 6.82. The molecule has 144 valence electrons. The van der Waals surface area contributed by atoms with Crippen molar-refractivity contribution in [1.29, 1.82) is 0 Å². The molecular formula is C18H19Br2N3O2S2. The molecule has 2 aliphatic rings. The number of fused-ring (bicyclic) bond motifs is 1. The van der Waals surface area contributed by atoms with Crippen molar-refractivity contribution in [2.75, 3.05) is 32.7 Å². The van der Waals surface area contributed by atoms with E-state index in [0.29, 0.717) is 13.0 Å². The molecule has 1 aliphatic carbocycles. The number of nitrogens with zero attached hydrogens (tertiary/aromatic N) is 2. The first kappa shape index (κ1) is 19.7. The van der Waals surface area contributed by atoms with E-state index >= 15 is 0 Å². The highest BCUT2D eigenvalue weighted by atomic mass is 79.9. The van der Waals surface area contributed by atoms with E-state index in [0.717, 1.165) is 51.4 Å². The van der Waals surface area contributed by atoms with Gasteiger partial charge in [0.25, 0.3) is 0 Å². The van der Waals surface area contributed by atoms with Crippen molar-refractivity contribution in [3.05, 3.63) is 41.1 Å². The van der Waals surface area contributed by atoms with Crippen molar-refractivity contribution in [3.63, 3.8) is 0 Å². The lowest BCUT2D eigenvalue weighted by Crippen LogP contribution is -2.49. The summed E-state index contributed by atoms with van der Waals surface area (Å²) >= 11 is 10.3. The number of Topliss-reactive ketones (excluding diaryl/α,β-unsaturated/α-hetero) is 1. The zero-order valence-electron chi connectivity index (χ0n) is 14.5. The molecule has 0 bridgehead atoms. The normalized spacial score (nSPS) is 20.8. The second-order valence-corrected chi connectivity index (χ2v) is 11.5. The summed E-state index contributed by atoms with van der Waals surface area (Å²) in [7, 11) is 0. The number of rotatable bonds is 5. The maximum absolute atomic E-state index is 12.5. The fraction of sp³-hybridized carbons (Fsp3) is 0.444. The summed E-state index contributed by atoms with van der Waals surface area (Å²) in [5, 5.41) is 5.17. The Morgan fingerprint density at radius 1 is 1.19 bits per heavy atom. The van der Waals surface area contributed by atoms with Gasteiger partial charge in [-0.2, -0.15) is 0 Å². The lowest BCUT2D eigenvalue weighted by atomic mass is 10.2. The van der Waals surface area contributed by atoms with Gasteiger partial charge < -0.3 is 5.32 Å². The predicted molar refractivity (Wildman–Crippen MR) is 116 cm³/mol. The van der Waals surface area contributed by atoms with Crippen LogP contribution in [-0.4, -0.2) is 54.2 Å². The van der Waals surface area contributed by atoms with Crippen LogP contribution in [0.2, 0.25) is 0 Å². The number of thiophene rings is 2. The van der Waals surface area contributed by atoms with Crippen LogP contribution in [0, 0.1) is 0 Å². The Balaban J connectivity index is 1.28. The van der Waals surface area contributed by atoms with Crippen LogP contribution in [0.4, 0.5) is 0 Å². The number of amides is 1. The van der Waals surface area contributed by atoms with Gasteiger partial charge in [0.15, 0.2) is 5.78 Å². The van der Waals surface area contributed by atoms with Gasteiger partial charge in [0.2, 0.25) is 5.91 Å². The number of piperazine rings is 1. The molecule has 2 aromatic rings. The van der Waals surface area contributed by atoms with Gasteiger partial charge in [-0.15, -0.1) is 22.7 Å². The minimum absolute atomic E-state index is 0.0124. The number of carbonyl (C=O) groups is 2. The highest BCUT2D eigenvalue weighted by molar-refractivity contribution is 9.12. The van der Waals surface area contributed by atoms with E-state index in [1.807, 2.05) is 0 Å². The Hall–Kier alpha value is -0.580. The molecule has 1 unspecified atom stereocenters. The molecule has 0 aromatic carbocycles. The van der Waals surface area contributed by atoms with Gasteiger partial charge in [-0.05, 0) is 43.3 Å². The van der Waals surface area contributed by atoms with Gasteiger partial charge in [0, 0.05) is 55.1 Å². The number of carbonyl (C=O) groups excluding carboxylic acids is 2. The quantitative estimate of drug-likeness (QED) is 0.634. The van der Waals surface area contributed by atoms with E-state index in [9.17, 15) is 9.59 Å². The van der Waals surface area contributed by atoms with Crippen LogP contribution in [-0.2, 0) is 11.3 Å². The third kappa shape index (κ3) is 4.38. The molecule has 1 saturated heterocycles. The number of ketones is 1. The van der Waals surface area contributed by atoms with Crippen molar-refractivity contribution in [2.24, 2.45) is 0 Å². The fourth-order valence-corrected chi connectivity index (χ4v) is 7.76. The Kier molecular flexibility index (Phi) is 6.15. The predicted octanol–water partition coefficient (Wildman–Crippen LogP) is 3.90. The van der Waals surface area contributed by atoms with Crippen molar-refractivity contribution in [2.45, 2.75) is 19.0 Å². The minimum Gasteiger partial charge on any atom is -0.348 e. The van der Waals surface area contributed by atoms with Gasteiger partial charge in [-0.3, -0.25) is 19.4 Å². The van der Waals surface area contributed by atoms with Crippen LogP contribution in [0.15, 0.2) is 25.1 Å². The second kappa shape index (κ2) is 8.42. The molecule has 1 atom stereocenters. The highest BCUT2D eigenvalue weighted by Gasteiger charge is 2.36. The first-order chi connectivity index (χ1) is 13.0. The Labute approximate surface area is 183 Å². The van der Waals surface area contributed by atoms with E-state index in [-0.39, 0.29) is 17.7 Å². The van der Waals surface area contributed by atoms with Crippen LogP contribution >= 0.6 is 54.5 Å². The summed E-state index contributed by atoms with van der Waals surface area (Å²) in [5.74, 6) is 0.0768. The number of hydrogen-bond donors (Lipinski definition) is 1. The molecule has 5 nitrogen and oxygen atoms in total. The molecule has 0 spiro atoms. The first-order valence-corrected chi connectivity index (χ1v) is 12.1. The molecule has 1 aliphatic heterocycles. The molecular weight excluding hydrogens is 514 g/mol. The molecule has 0 saturated carbocycles. The van der Waals surface area contributed by atoms with Gasteiger partial charge in [-0.25, -0.2) is 0 Å². The summed E-state index contributed by atoms with van der Waals surface area (Å²) < 4.78 is 1.76. The smallest absolute Gasteiger partial charge is 0.234 e. The number of hydrogen-bond acceptors (Lipinski definition) is 6. The molecule has 4 rings (SSSR count). The van der Waals surface area contributed by atoms with Crippen LogP contribution in [0.3, 0.4) is 0 Å². The molecule has 27 heavy (non-hydrogen) atoms. The number of nitrogens with one attached hydrogen (secondary N) is 1. The van der Waals surface area contributed by atoms with E-state index in [2.05, 4.69) is 64.5 Å². The van der Waals surface area contributed by atoms with Crippen LogP contribution in [0.1, 0.15) is 33.3 Å². The third-order valence-electron chi connectivity index (χ3n) is 5.00. The molecule has 1 N–H and O–H groups in total. The van der Waals surface area contributed by atoms with Gasteiger partial charge in [0.05, 0.1) is 20.2 Å². The molecule has 1 fully saturated rings. The lowest BCUT2D eigenvalue weighted by Gasteiger charge is -2.34. The minimum atomic E-state index is -0.225. The third-order valence-corrected chi connectivity index (χ3v) is 8.44. The zero-order chi connectivity index (χ0) is 19.0. The Morgan fingerprint density at radius 2 is 1.93 bits per heavy atom. The van der Waals surface area contributed by atoms with Gasteiger partial charge >= 0.3 is 0 Å². The van der Waals surface area contributed by atoms with E-state index in [4.69, 9.17) is 0 Å². The standard InChI is InChI=1S/C18H19Br2N3O2S2/c19-17-15-12(8-13(24)16(15)18(20)27-17)21-14(25)10-23-5-3-22(4-6-23)9-11-2-1-7-26-11/h1-2,7,12H,3-6,8-10H2,(H,21,25). The average Bonchev–Trinajstić information content (AvgIpc) is 3.30. The highest BCUT2D eigenvalue weighted by Crippen LogP contribution is 2.46. The Morgan fingerprint density at radius 3 is 2.63 bits per heavy atom. The summed E-state index contributed by atoms with van der Waals surface area (Å²) in [5.41, 5.74) is 1.64. The van der Waals surface area contributed by atoms with Crippen molar-refractivity contribution in [1.82, 2.24) is 15.1 Å². The summed E-state index contributed by atoms with van der Waals surface area (Å²) in [6, 6.07) is 4.03. The van der Waals surface area contributed by atoms with E-state index in [1.54, 1.807) is 11.3 Å². The SMILES string of the molecule is O=C(CN1CCN(Cc2cccs2)CC1)NC1CC(=O)c2c(Br)sc(Br)c21. The van der Waals surface area contributed by atoms with Crippen LogP contribution in [0.5, 0.6) is 0 Å². The summed E-state index contributed by atoms with van der Waals surface area (Å²) in [6.45, 7) is 5.10. The van der Waals surface area contributed by atoms with Crippen LogP contribution < -0.4 is 5.32 Å². The molecule has 2 aromatic heterocycles. The average molecular weight is 533 g/mol. The summed E-state index contributed by atoms with van der Waals surface area (Å²) in [4.78, 5) is 30.8. The zero-order valence-corrected chi connectivity index (χ0v) is 19.3. The van der Waals surface area contributed by atoms with Crippen molar-refractivity contribution < 1.29 is 9.59 Å². The molecule has 1 amide bonds. The van der Waals surface area contributed by atoms with E-state index < -0.39 is 0 Å². The molecule has 3 heterocycles. The van der Waals surface area contributed by atoms with Crippen molar-refractivity contribution in [3.8, 4) is 0 Å². The van der Waals surface area contributed by atoms with Crippen molar-refractivity contribution >= 4 is 66.2 Å². The van der Waals surface area contributed by atoms with Gasteiger partial charge in [-0.1, -0.05) is 6.07 Å². The lowest BCUT2D eigenvalue weighted by molar-refractivity contribution is -0.123. The summed E-state index contributed by atoms with van der Waals surface area (Å²) in [6.07, 6.45) is 0.343. The topological polar surface area (TPSA) is 52.7 Å². The first-order valence-electron chi connectivity index (χ1n) is 8.78. The maximum Gasteiger partial charge on any atom is 0.234 e. The van der Waals surface area contributed by atoms with E-state index in [1.165, 1.54) is 16.2 Å². The van der Waals surface area contributed by atoms with Crippen LogP contribution in [0.25, 0.3) is 0 Å². The molecule has 0 radical (unpaired) electrons.